The maximum atomic E-state index is 11.3. The lowest BCUT2D eigenvalue weighted by Gasteiger charge is -2.17. The number of nitrogens with zero attached hydrogens (tertiary/aromatic N) is 1. The molecule has 0 radical (unpaired) electrons. The molecule has 2 aromatic rings. The number of anilines is 1. The molecule has 19 heavy (non-hydrogen) atoms. The van der Waals surface area contributed by atoms with Gasteiger partial charge in [-0.1, -0.05) is 30.4 Å². The molecule has 0 aliphatic heterocycles. The number of aromatic nitrogens is 1. The summed E-state index contributed by atoms with van der Waals surface area (Å²) in [5.41, 5.74) is 1.71. The van der Waals surface area contributed by atoms with Gasteiger partial charge in [0.2, 0.25) is 0 Å². The van der Waals surface area contributed by atoms with Crippen molar-refractivity contribution >= 4 is 22.6 Å². The largest absolute Gasteiger partial charge is 0.478 e. The molecule has 4 heteroatoms. The molecule has 0 bridgehead atoms. The van der Waals surface area contributed by atoms with E-state index in [4.69, 9.17) is 0 Å². The van der Waals surface area contributed by atoms with E-state index < -0.39 is 5.97 Å². The molecule has 4 nitrogen and oxygen atoms in total. The topological polar surface area (TPSA) is 62.2 Å². The second-order valence-electron chi connectivity index (χ2n) is 4.65. The molecule has 0 saturated carbocycles. The van der Waals surface area contributed by atoms with Gasteiger partial charge in [-0.3, -0.25) is 4.98 Å². The van der Waals surface area contributed by atoms with Gasteiger partial charge in [0.1, 0.15) is 5.56 Å². The SMILES string of the molecule is O=C(O)c1cnc2ccccc2c1NC1CC=CC1. The third-order valence-electron chi connectivity index (χ3n) is 3.36. The number of benzene rings is 1. The first-order chi connectivity index (χ1) is 9.25. The van der Waals surface area contributed by atoms with E-state index >= 15 is 0 Å². The maximum Gasteiger partial charge on any atom is 0.339 e. The molecule has 1 aromatic carbocycles. The standard InChI is InChI=1S/C15H14N2O2/c18-15(19)12-9-16-13-8-4-3-7-11(13)14(12)17-10-5-1-2-6-10/h1-4,7-10H,5-6H2,(H,16,17)(H,18,19). The predicted octanol–water partition coefficient (Wildman–Crippen LogP) is 3.06. The van der Waals surface area contributed by atoms with Gasteiger partial charge < -0.3 is 10.4 Å². The Hall–Kier alpha value is -2.36. The molecule has 1 heterocycles. The normalized spacial score (nSPS) is 14.9. The van der Waals surface area contributed by atoms with Crippen molar-refractivity contribution in [2.75, 3.05) is 5.32 Å². The van der Waals surface area contributed by atoms with Crippen LogP contribution in [0.25, 0.3) is 10.9 Å². The van der Waals surface area contributed by atoms with E-state index in [1.54, 1.807) is 0 Å². The van der Waals surface area contributed by atoms with Crippen LogP contribution < -0.4 is 5.32 Å². The van der Waals surface area contributed by atoms with E-state index in [1.165, 1.54) is 6.20 Å². The van der Waals surface area contributed by atoms with E-state index in [0.717, 1.165) is 23.7 Å². The first-order valence-corrected chi connectivity index (χ1v) is 6.28. The Labute approximate surface area is 110 Å². The minimum atomic E-state index is -0.952. The summed E-state index contributed by atoms with van der Waals surface area (Å²) in [6.45, 7) is 0. The van der Waals surface area contributed by atoms with Crippen molar-refractivity contribution < 1.29 is 9.90 Å². The zero-order valence-electron chi connectivity index (χ0n) is 10.3. The van der Waals surface area contributed by atoms with Crippen LogP contribution in [-0.2, 0) is 0 Å². The van der Waals surface area contributed by atoms with Crippen molar-refractivity contribution in [3.05, 3.63) is 48.2 Å². The number of pyridine rings is 1. The molecule has 0 atom stereocenters. The van der Waals surface area contributed by atoms with Gasteiger partial charge in [0.15, 0.2) is 0 Å². The highest BCUT2D eigenvalue weighted by Gasteiger charge is 2.18. The van der Waals surface area contributed by atoms with Crippen molar-refractivity contribution in [2.45, 2.75) is 18.9 Å². The number of fused-ring (bicyclic) bond motifs is 1. The van der Waals surface area contributed by atoms with E-state index in [0.29, 0.717) is 5.69 Å². The lowest BCUT2D eigenvalue weighted by molar-refractivity contribution is 0.0697. The minimum Gasteiger partial charge on any atom is -0.478 e. The Morgan fingerprint density at radius 3 is 2.74 bits per heavy atom. The van der Waals surface area contributed by atoms with Gasteiger partial charge in [-0.2, -0.15) is 0 Å². The first kappa shape index (κ1) is 11.7. The fraction of sp³-hybridized carbons (Fsp3) is 0.200. The van der Waals surface area contributed by atoms with Crippen LogP contribution in [0.5, 0.6) is 0 Å². The van der Waals surface area contributed by atoms with Gasteiger partial charge in [0.05, 0.1) is 11.2 Å². The number of para-hydroxylation sites is 1. The summed E-state index contributed by atoms with van der Waals surface area (Å²) in [4.78, 5) is 15.5. The molecular weight excluding hydrogens is 240 g/mol. The molecule has 96 valence electrons. The minimum absolute atomic E-state index is 0.227. The van der Waals surface area contributed by atoms with Gasteiger partial charge in [0, 0.05) is 17.6 Å². The highest BCUT2D eigenvalue weighted by atomic mass is 16.4. The second-order valence-corrected chi connectivity index (χ2v) is 4.65. The molecule has 0 fully saturated rings. The smallest absolute Gasteiger partial charge is 0.339 e. The fourth-order valence-electron chi connectivity index (χ4n) is 2.40. The van der Waals surface area contributed by atoms with Crippen LogP contribution in [0, 0.1) is 0 Å². The van der Waals surface area contributed by atoms with Crippen molar-refractivity contribution in [3.8, 4) is 0 Å². The van der Waals surface area contributed by atoms with Crippen LogP contribution in [0.2, 0.25) is 0 Å². The Kier molecular flexibility index (Phi) is 2.91. The second kappa shape index (κ2) is 4.72. The Bertz CT molecular complexity index is 656. The van der Waals surface area contributed by atoms with Gasteiger partial charge >= 0.3 is 5.97 Å². The molecule has 3 rings (SSSR count). The van der Waals surface area contributed by atoms with E-state index in [-0.39, 0.29) is 11.6 Å². The van der Waals surface area contributed by atoms with Crippen LogP contribution in [0.3, 0.4) is 0 Å². The number of nitrogens with one attached hydrogen (secondary N) is 1. The quantitative estimate of drug-likeness (QED) is 0.826. The summed E-state index contributed by atoms with van der Waals surface area (Å²) in [5, 5.41) is 13.5. The number of hydrogen-bond donors (Lipinski definition) is 2. The lowest BCUT2D eigenvalue weighted by atomic mass is 10.1. The summed E-state index contributed by atoms with van der Waals surface area (Å²) >= 11 is 0. The zero-order chi connectivity index (χ0) is 13.2. The Morgan fingerprint density at radius 1 is 1.26 bits per heavy atom. The fourth-order valence-corrected chi connectivity index (χ4v) is 2.40. The Balaban J connectivity index is 2.11. The number of carbonyl (C=O) groups is 1. The highest BCUT2D eigenvalue weighted by Crippen LogP contribution is 2.28. The third-order valence-corrected chi connectivity index (χ3v) is 3.36. The van der Waals surface area contributed by atoms with Crippen LogP contribution in [0.1, 0.15) is 23.2 Å². The zero-order valence-corrected chi connectivity index (χ0v) is 10.3. The molecule has 0 amide bonds. The van der Waals surface area contributed by atoms with Crippen molar-refractivity contribution in [2.24, 2.45) is 0 Å². The molecule has 1 aliphatic rings. The molecule has 0 unspecified atom stereocenters. The summed E-state index contributed by atoms with van der Waals surface area (Å²) in [7, 11) is 0. The van der Waals surface area contributed by atoms with E-state index in [1.807, 2.05) is 24.3 Å². The number of carboxylic acids is 1. The average Bonchev–Trinajstić information content (AvgIpc) is 2.92. The first-order valence-electron chi connectivity index (χ1n) is 6.28. The van der Waals surface area contributed by atoms with Crippen LogP contribution in [0.15, 0.2) is 42.6 Å². The number of aromatic carboxylic acids is 1. The Morgan fingerprint density at radius 2 is 2.00 bits per heavy atom. The van der Waals surface area contributed by atoms with Gasteiger partial charge in [0.25, 0.3) is 0 Å². The van der Waals surface area contributed by atoms with Crippen LogP contribution in [0.4, 0.5) is 5.69 Å². The van der Waals surface area contributed by atoms with Crippen molar-refractivity contribution in [1.82, 2.24) is 4.98 Å². The number of hydrogen-bond acceptors (Lipinski definition) is 3. The highest BCUT2D eigenvalue weighted by molar-refractivity contribution is 6.04. The maximum absolute atomic E-state index is 11.3. The van der Waals surface area contributed by atoms with E-state index in [2.05, 4.69) is 22.5 Å². The van der Waals surface area contributed by atoms with Gasteiger partial charge in [-0.05, 0) is 18.9 Å². The van der Waals surface area contributed by atoms with Gasteiger partial charge in [-0.25, -0.2) is 4.79 Å². The summed E-state index contributed by atoms with van der Waals surface area (Å²) in [6, 6.07) is 7.85. The van der Waals surface area contributed by atoms with Gasteiger partial charge in [-0.15, -0.1) is 0 Å². The van der Waals surface area contributed by atoms with Crippen molar-refractivity contribution in [3.63, 3.8) is 0 Å². The number of carboxylic acid groups (broad SMARTS) is 1. The molecular formula is C15H14N2O2. The van der Waals surface area contributed by atoms with Crippen LogP contribution in [-0.4, -0.2) is 22.1 Å². The van der Waals surface area contributed by atoms with Crippen molar-refractivity contribution in [1.29, 1.82) is 0 Å². The molecule has 2 N–H and O–H groups in total. The summed E-state index contributed by atoms with van der Waals surface area (Å²) in [6.07, 6.45) is 7.50. The molecule has 0 spiro atoms. The lowest BCUT2D eigenvalue weighted by Crippen LogP contribution is -2.18. The molecule has 1 aromatic heterocycles. The van der Waals surface area contributed by atoms with Crippen LogP contribution >= 0.6 is 0 Å². The summed E-state index contributed by atoms with van der Waals surface area (Å²) < 4.78 is 0. The summed E-state index contributed by atoms with van der Waals surface area (Å²) in [5.74, 6) is -0.952. The molecule has 0 saturated heterocycles. The average molecular weight is 254 g/mol. The number of rotatable bonds is 3. The third kappa shape index (κ3) is 2.17. The monoisotopic (exact) mass is 254 g/mol. The predicted molar refractivity (Wildman–Crippen MR) is 74.5 cm³/mol. The van der Waals surface area contributed by atoms with E-state index in [9.17, 15) is 9.90 Å². The molecule has 1 aliphatic carbocycles.